The zero-order valence-electron chi connectivity index (χ0n) is 19.5. The van der Waals surface area contributed by atoms with E-state index in [2.05, 4.69) is 21.2 Å². The summed E-state index contributed by atoms with van der Waals surface area (Å²) in [6.07, 6.45) is 1.37. The summed E-state index contributed by atoms with van der Waals surface area (Å²) in [7, 11) is 1.47. The molecule has 0 fully saturated rings. The smallest absolute Gasteiger partial charge is 0.329 e. The van der Waals surface area contributed by atoms with Gasteiger partial charge in [-0.15, -0.1) is 0 Å². The molecule has 2 aromatic rings. The monoisotopic (exact) mass is 454 g/mol. The van der Waals surface area contributed by atoms with E-state index in [0.717, 1.165) is 16.8 Å². The molecule has 0 radical (unpaired) electrons. The Labute approximate surface area is 193 Å². The second-order valence-corrected chi connectivity index (χ2v) is 7.82. The van der Waals surface area contributed by atoms with Crippen molar-refractivity contribution in [1.82, 2.24) is 10.7 Å². The van der Waals surface area contributed by atoms with E-state index in [0.29, 0.717) is 23.6 Å². The largest absolute Gasteiger partial charge is 0.493 e. The molecule has 0 bridgehead atoms. The minimum absolute atomic E-state index is 0.195. The molecule has 0 unspecified atom stereocenters. The Hall–Kier alpha value is -3.88. The second kappa shape index (κ2) is 12.2. The molecule has 0 aliphatic carbocycles. The van der Waals surface area contributed by atoms with Crippen LogP contribution in [-0.2, 0) is 14.4 Å². The normalized spacial score (nSPS) is 10.7. The predicted octanol–water partition coefficient (Wildman–Crippen LogP) is 2.55. The molecule has 2 aromatic carbocycles. The highest BCUT2D eigenvalue weighted by atomic mass is 16.5. The lowest BCUT2D eigenvalue weighted by Crippen LogP contribution is -2.39. The highest BCUT2D eigenvalue weighted by Gasteiger charge is 2.13. The van der Waals surface area contributed by atoms with Crippen molar-refractivity contribution in [1.29, 1.82) is 0 Å². The number of carbonyl (C=O) groups is 3. The molecular formula is C24H30N4O5. The number of amides is 3. The summed E-state index contributed by atoms with van der Waals surface area (Å²) in [5, 5.41) is 9.15. The summed E-state index contributed by atoms with van der Waals surface area (Å²) in [5.41, 5.74) is 5.47. The van der Waals surface area contributed by atoms with Crippen LogP contribution in [-0.4, -0.2) is 44.2 Å². The van der Waals surface area contributed by atoms with Gasteiger partial charge >= 0.3 is 11.8 Å². The fourth-order valence-corrected chi connectivity index (χ4v) is 2.81. The summed E-state index contributed by atoms with van der Waals surface area (Å²) >= 11 is 0. The molecule has 0 atom stereocenters. The van der Waals surface area contributed by atoms with E-state index in [1.165, 1.54) is 13.3 Å². The average molecular weight is 455 g/mol. The first-order valence-electron chi connectivity index (χ1n) is 10.5. The number of anilines is 1. The number of hydrogen-bond acceptors (Lipinski definition) is 6. The van der Waals surface area contributed by atoms with Gasteiger partial charge in [0.15, 0.2) is 18.1 Å². The van der Waals surface area contributed by atoms with Crippen molar-refractivity contribution >= 4 is 29.6 Å². The minimum atomic E-state index is -0.853. The first kappa shape index (κ1) is 25.4. The van der Waals surface area contributed by atoms with Gasteiger partial charge in [-0.2, -0.15) is 5.10 Å². The second-order valence-electron chi connectivity index (χ2n) is 7.82. The third-order valence-electron chi connectivity index (χ3n) is 4.55. The predicted molar refractivity (Wildman–Crippen MR) is 127 cm³/mol. The number of methoxy groups -OCH3 is 1. The van der Waals surface area contributed by atoms with Crippen LogP contribution in [0.2, 0.25) is 0 Å². The maximum absolute atomic E-state index is 12.3. The van der Waals surface area contributed by atoms with E-state index >= 15 is 0 Å². The third kappa shape index (κ3) is 7.95. The van der Waals surface area contributed by atoms with Crippen molar-refractivity contribution in [3.05, 3.63) is 53.1 Å². The number of nitrogens with zero attached hydrogens (tertiary/aromatic N) is 1. The topological polar surface area (TPSA) is 118 Å². The van der Waals surface area contributed by atoms with Gasteiger partial charge in [0.25, 0.3) is 5.91 Å². The maximum Gasteiger partial charge on any atom is 0.329 e. The number of aryl methyl sites for hydroxylation is 2. The van der Waals surface area contributed by atoms with Gasteiger partial charge in [-0.05, 0) is 54.7 Å². The van der Waals surface area contributed by atoms with Crippen molar-refractivity contribution in [2.24, 2.45) is 11.0 Å². The number of para-hydroxylation sites is 1. The van der Waals surface area contributed by atoms with Crippen molar-refractivity contribution in [3.8, 4) is 11.5 Å². The van der Waals surface area contributed by atoms with Crippen LogP contribution in [0.1, 0.15) is 30.5 Å². The molecule has 0 aliphatic heterocycles. The summed E-state index contributed by atoms with van der Waals surface area (Å²) in [6, 6.07) is 10.7. The number of hydrazone groups is 1. The molecule has 0 heterocycles. The van der Waals surface area contributed by atoms with Crippen LogP contribution in [0.25, 0.3) is 0 Å². The van der Waals surface area contributed by atoms with Crippen LogP contribution < -0.4 is 25.5 Å². The molecule has 176 valence electrons. The number of ether oxygens (including phenoxy) is 2. The van der Waals surface area contributed by atoms with Gasteiger partial charge < -0.3 is 20.1 Å². The molecule has 0 aromatic heterocycles. The van der Waals surface area contributed by atoms with Crippen LogP contribution >= 0.6 is 0 Å². The Balaban J connectivity index is 1.93. The van der Waals surface area contributed by atoms with Crippen LogP contribution in [0.15, 0.2) is 41.5 Å². The van der Waals surface area contributed by atoms with Crippen LogP contribution in [0.4, 0.5) is 5.69 Å². The van der Waals surface area contributed by atoms with E-state index < -0.39 is 11.8 Å². The molecule has 0 saturated carbocycles. The van der Waals surface area contributed by atoms with Crippen molar-refractivity contribution < 1.29 is 23.9 Å². The van der Waals surface area contributed by atoms with Gasteiger partial charge in [0, 0.05) is 12.2 Å². The molecule has 0 aliphatic rings. The van der Waals surface area contributed by atoms with Crippen molar-refractivity contribution in [3.63, 3.8) is 0 Å². The summed E-state index contributed by atoms with van der Waals surface area (Å²) in [6.45, 7) is 7.90. The Morgan fingerprint density at radius 2 is 1.73 bits per heavy atom. The molecular weight excluding hydrogens is 424 g/mol. The number of carbonyl (C=O) groups excluding carboxylic acids is 3. The fraction of sp³-hybridized carbons (Fsp3) is 0.333. The molecule has 3 N–H and O–H groups in total. The van der Waals surface area contributed by atoms with E-state index in [4.69, 9.17) is 9.47 Å². The van der Waals surface area contributed by atoms with E-state index in [9.17, 15) is 14.4 Å². The fourth-order valence-electron chi connectivity index (χ4n) is 2.81. The van der Waals surface area contributed by atoms with Gasteiger partial charge in [-0.1, -0.05) is 32.0 Å². The summed E-state index contributed by atoms with van der Waals surface area (Å²) in [4.78, 5) is 35.7. The van der Waals surface area contributed by atoms with Gasteiger partial charge in [0.2, 0.25) is 0 Å². The van der Waals surface area contributed by atoms with E-state index in [-0.39, 0.29) is 18.4 Å². The highest BCUT2D eigenvalue weighted by molar-refractivity contribution is 6.35. The molecule has 33 heavy (non-hydrogen) atoms. The Morgan fingerprint density at radius 3 is 2.36 bits per heavy atom. The third-order valence-corrected chi connectivity index (χ3v) is 4.55. The van der Waals surface area contributed by atoms with Gasteiger partial charge in [0.05, 0.1) is 13.3 Å². The first-order chi connectivity index (χ1) is 15.7. The quantitative estimate of drug-likeness (QED) is 0.306. The molecule has 0 spiro atoms. The zero-order chi connectivity index (χ0) is 24.4. The number of hydrogen-bond donors (Lipinski definition) is 3. The van der Waals surface area contributed by atoms with Crippen LogP contribution in [0.3, 0.4) is 0 Å². The summed E-state index contributed by atoms with van der Waals surface area (Å²) < 4.78 is 10.9. The summed E-state index contributed by atoms with van der Waals surface area (Å²) in [5.74, 6) is -0.895. The van der Waals surface area contributed by atoms with Crippen molar-refractivity contribution in [2.45, 2.75) is 27.7 Å². The lowest BCUT2D eigenvalue weighted by molar-refractivity contribution is -0.139. The molecule has 0 saturated heterocycles. The molecule has 2 rings (SSSR count). The van der Waals surface area contributed by atoms with Gasteiger partial charge in [0.1, 0.15) is 0 Å². The van der Waals surface area contributed by atoms with Crippen molar-refractivity contribution in [2.75, 3.05) is 25.6 Å². The average Bonchev–Trinajstić information content (AvgIpc) is 2.78. The minimum Gasteiger partial charge on any atom is -0.493 e. The molecule has 9 heteroatoms. The van der Waals surface area contributed by atoms with E-state index in [1.807, 2.05) is 45.9 Å². The SMILES string of the molecule is COc1cc(/C=N\NC(=O)C(=O)NCC(C)C)ccc1OCC(=O)Nc1c(C)cccc1C. The molecule has 9 nitrogen and oxygen atoms in total. The van der Waals surface area contributed by atoms with Gasteiger partial charge in [-0.3, -0.25) is 14.4 Å². The zero-order valence-corrected chi connectivity index (χ0v) is 19.5. The molecule has 3 amide bonds. The lowest BCUT2D eigenvalue weighted by Gasteiger charge is -2.13. The Kier molecular flexibility index (Phi) is 9.41. The Bertz CT molecular complexity index is 1010. The standard InChI is InChI=1S/C24H30N4O5/c1-15(2)12-25-23(30)24(31)28-26-13-18-9-10-19(20(11-18)32-5)33-14-21(29)27-22-16(3)7-6-8-17(22)4/h6-11,13,15H,12,14H2,1-5H3,(H,25,30)(H,27,29)(H,28,31)/b26-13-. The highest BCUT2D eigenvalue weighted by Crippen LogP contribution is 2.27. The number of nitrogens with one attached hydrogen (secondary N) is 3. The van der Waals surface area contributed by atoms with Gasteiger partial charge in [-0.25, -0.2) is 5.43 Å². The maximum atomic E-state index is 12.3. The van der Waals surface area contributed by atoms with Crippen LogP contribution in [0, 0.1) is 19.8 Å². The lowest BCUT2D eigenvalue weighted by atomic mass is 10.1. The Morgan fingerprint density at radius 1 is 1.03 bits per heavy atom. The number of rotatable bonds is 9. The number of benzene rings is 2. The van der Waals surface area contributed by atoms with E-state index in [1.54, 1.807) is 18.2 Å². The first-order valence-corrected chi connectivity index (χ1v) is 10.5. The van der Waals surface area contributed by atoms with Crippen LogP contribution in [0.5, 0.6) is 11.5 Å².